The third kappa shape index (κ3) is 4.53. The van der Waals surface area contributed by atoms with Gasteiger partial charge in [0, 0.05) is 11.3 Å². The standard InChI is InChI=1S/C24H22N4O5S/c1-14(15-9-5-3-6-10-15)19(20(29)27-23-25-17(13-34-23)22(31)33-2)28-21(30)18(26-24(28)32)16-11-7-4-8-12-16/h3-14,18-19H,1-2H3,(H,26,32)(H,25,27,29)/t14?,18-,19?/m1/s1. The molecule has 1 fully saturated rings. The summed E-state index contributed by atoms with van der Waals surface area (Å²) in [6, 6.07) is 15.3. The first kappa shape index (κ1) is 23.1. The van der Waals surface area contributed by atoms with E-state index in [0.717, 1.165) is 21.8 Å². The van der Waals surface area contributed by atoms with Crippen molar-refractivity contribution in [3.63, 3.8) is 0 Å². The first-order valence-electron chi connectivity index (χ1n) is 10.5. The van der Waals surface area contributed by atoms with Gasteiger partial charge in [0.1, 0.15) is 12.1 Å². The van der Waals surface area contributed by atoms with Gasteiger partial charge in [-0.1, -0.05) is 67.6 Å². The van der Waals surface area contributed by atoms with E-state index in [-0.39, 0.29) is 10.8 Å². The number of hydrogen-bond donors (Lipinski definition) is 2. The Morgan fingerprint density at radius 3 is 2.38 bits per heavy atom. The molecular weight excluding hydrogens is 456 g/mol. The fourth-order valence-corrected chi connectivity index (χ4v) is 4.53. The molecule has 1 aliphatic rings. The average molecular weight is 479 g/mol. The number of nitrogens with zero attached hydrogens (tertiary/aromatic N) is 2. The lowest BCUT2D eigenvalue weighted by Crippen LogP contribution is -2.50. The molecule has 174 valence electrons. The molecule has 2 aromatic carbocycles. The molecule has 34 heavy (non-hydrogen) atoms. The summed E-state index contributed by atoms with van der Waals surface area (Å²) in [6.07, 6.45) is 0. The number of methoxy groups -OCH3 is 1. The normalized spacial score (nSPS) is 17.1. The summed E-state index contributed by atoms with van der Waals surface area (Å²) in [7, 11) is 1.23. The summed E-state index contributed by atoms with van der Waals surface area (Å²) in [4.78, 5) is 56.6. The van der Waals surface area contributed by atoms with Gasteiger partial charge in [-0.05, 0) is 11.1 Å². The van der Waals surface area contributed by atoms with Gasteiger partial charge in [0.05, 0.1) is 7.11 Å². The first-order valence-corrected chi connectivity index (χ1v) is 11.4. The summed E-state index contributed by atoms with van der Waals surface area (Å²) in [5.74, 6) is -2.27. The van der Waals surface area contributed by atoms with Crippen molar-refractivity contribution in [2.45, 2.75) is 24.9 Å². The second-order valence-corrected chi connectivity index (χ2v) is 8.52. The highest BCUT2D eigenvalue weighted by Gasteiger charge is 2.47. The Morgan fingerprint density at radius 2 is 1.74 bits per heavy atom. The molecule has 2 unspecified atom stereocenters. The predicted molar refractivity (Wildman–Crippen MR) is 125 cm³/mol. The van der Waals surface area contributed by atoms with Crippen LogP contribution in [-0.2, 0) is 14.3 Å². The molecule has 1 saturated heterocycles. The highest BCUT2D eigenvalue weighted by molar-refractivity contribution is 7.14. The molecule has 0 aliphatic carbocycles. The van der Waals surface area contributed by atoms with Crippen molar-refractivity contribution in [3.8, 4) is 0 Å². The monoisotopic (exact) mass is 478 g/mol. The van der Waals surface area contributed by atoms with Gasteiger partial charge in [-0.2, -0.15) is 0 Å². The van der Waals surface area contributed by atoms with Crippen molar-refractivity contribution in [3.05, 3.63) is 82.9 Å². The van der Waals surface area contributed by atoms with E-state index in [0.29, 0.717) is 5.56 Å². The van der Waals surface area contributed by atoms with E-state index in [9.17, 15) is 19.2 Å². The highest BCUT2D eigenvalue weighted by Crippen LogP contribution is 2.31. The Balaban J connectivity index is 1.66. The fraction of sp³-hybridized carbons (Fsp3) is 0.208. The van der Waals surface area contributed by atoms with E-state index in [2.05, 4.69) is 20.4 Å². The van der Waals surface area contributed by atoms with Gasteiger partial charge < -0.3 is 15.4 Å². The van der Waals surface area contributed by atoms with Gasteiger partial charge in [0.2, 0.25) is 5.91 Å². The van der Waals surface area contributed by atoms with Gasteiger partial charge in [0.15, 0.2) is 10.8 Å². The van der Waals surface area contributed by atoms with Crippen LogP contribution < -0.4 is 10.6 Å². The van der Waals surface area contributed by atoms with Crippen LogP contribution in [0.2, 0.25) is 0 Å². The number of esters is 1. The minimum Gasteiger partial charge on any atom is -0.464 e. The molecule has 1 aromatic heterocycles. The topological polar surface area (TPSA) is 118 Å². The van der Waals surface area contributed by atoms with Crippen LogP contribution in [0.5, 0.6) is 0 Å². The molecule has 4 rings (SSSR count). The second-order valence-electron chi connectivity index (χ2n) is 7.66. The van der Waals surface area contributed by atoms with Crippen LogP contribution in [0.3, 0.4) is 0 Å². The van der Waals surface area contributed by atoms with Crippen molar-refractivity contribution in [1.29, 1.82) is 0 Å². The largest absolute Gasteiger partial charge is 0.464 e. The Kier molecular flexibility index (Phi) is 6.69. The molecule has 2 heterocycles. The van der Waals surface area contributed by atoms with Gasteiger partial charge in [0.25, 0.3) is 5.91 Å². The highest BCUT2D eigenvalue weighted by atomic mass is 32.1. The van der Waals surface area contributed by atoms with Crippen LogP contribution in [0.15, 0.2) is 66.0 Å². The summed E-state index contributed by atoms with van der Waals surface area (Å²) >= 11 is 1.04. The minimum atomic E-state index is -1.16. The summed E-state index contributed by atoms with van der Waals surface area (Å²) < 4.78 is 4.65. The Morgan fingerprint density at radius 1 is 1.09 bits per heavy atom. The minimum absolute atomic E-state index is 0.0505. The van der Waals surface area contributed by atoms with E-state index < -0.39 is 41.8 Å². The molecule has 1 aliphatic heterocycles. The van der Waals surface area contributed by atoms with Gasteiger partial charge in [-0.15, -0.1) is 11.3 Å². The summed E-state index contributed by atoms with van der Waals surface area (Å²) in [5.41, 5.74) is 1.45. The lowest BCUT2D eigenvalue weighted by molar-refractivity contribution is -0.134. The molecule has 4 amide bonds. The van der Waals surface area contributed by atoms with E-state index in [1.807, 2.05) is 36.4 Å². The van der Waals surface area contributed by atoms with Gasteiger partial charge >= 0.3 is 12.0 Å². The summed E-state index contributed by atoms with van der Waals surface area (Å²) in [6.45, 7) is 1.78. The zero-order valence-electron chi connectivity index (χ0n) is 18.4. The number of rotatable bonds is 7. The van der Waals surface area contributed by atoms with Crippen LogP contribution in [0.1, 0.15) is 40.5 Å². The second kappa shape index (κ2) is 9.84. The molecule has 0 spiro atoms. The maximum atomic E-state index is 13.5. The number of imide groups is 1. The molecule has 0 bridgehead atoms. The van der Waals surface area contributed by atoms with Crippen LogP contribution in [0.25, 0.3) is 0 Å². The maximum absolute atomic E-state index is 13.5. The number of benzene rings is 2. The Bertz CT molecular complexity index is 1210. The first-order chi connectivity index (χ1) is 16.4. The zero-order valence-corrected chi connectivity index (χ0v) is 19.2. The third-order valence-electron chi connectivity index (χ3n) is 5.58. The quantitative estimate of drug-likeness (QED) is 0.397. The number of hydrogen-bond acceptors (Lipinski definition) is 7. The van der Waals surface area contributed by atoms with Crippen molar-refractivity contribution in [2.75, 3.05) is 12.4 Å². The predicted octanol–water partition coefficient (Wildman–Crippen LogP) is 3.33. The third-order valence-corrected chi connectivity index (χ3v) is 6.34. The van der Waals surface area contributed by atoms with E-state index in [4.69, 9.17) is 0 Å². The molecule has 0 radical (unpaired) electrons. The molecular formula is C24H22N4O5S. The van der Waals surface area contributed by atoms with Gasteiger partial charge in [-0.3, -0.25) is 9.59 Å². The molecule has 3 aromatic rings. The zero-order chi connectivity index (χ0) is 24.2. The van der Waals surface area contributed by atoms with E-state index in [1.165, 1.54) is 12.5 Å². The van der Waals surface area contributed by atoms with Crippen LogP contribution >= 0.6 is 11.3 Å². The Labute approximate surface area is 199 Å². The van der Waals surface area contributed by atoms with Crippen molar-refractivity contribution < 1.29 is 23.9 Å². The molecule has 3 atom stereocenters. The lowest BCUT2D eigenvalue weighted by atomic mass is 9.91. The molecule has 9 nitrogen and oxygen atoms in total. The number of thiazole rings is 1. The number of ether oxygens (including phenoxy) is 1. The number of carbonyl (C=O) groups is 4. The smallest absolute Gasteiger partial charge is 0.357 e. The maximum Gasteiger partial charge on any atom is 0.357 e. The Hall–Kier alpha value is -4.05. The number of aromatic nitrogens is 1. The molecule has 10 heteroatoms. The average Bonchev–Trinajstić information content (AvgIpc) is 3.44. The van der Waals surface area contributed by atoms with E-state index >= 15 is 0 Å². The van der Waals surface area contributed by atoms with Crippen molar-refractivity contribution in [1.82, 2.24) is 15.2 Å². The van der Waals surface area contributed by atoms with Crippen LogP contribution in [-0.4, -0.2) is 46.9 Å². The number of amides is 4. The van der Waals surface area contributed by atoms with E-state index in [1.54, 1.807) is 31.2 Å². The molecule has 2 N–H and O–H groups in total. The molecule has 0 saturated carbocycles. The van der Waals surface area contributed by atoms with Crippen LogP contribution in [0.4, 0.5) is 9.93 Å². The van der Waals surface area contributed by atoms with Crippen LogP contribution in [0, 0.1) is 0 Å². The fourth-order valence-electron chi connectivity index (χ4n) is 3.84. The number of nitrogens with one attached hydrogen (secondary N) is 2. The van der Waals surface area contributed by atoms with Crippen molar-refractivity contribution in [2.24, 2.45) is 0 Å². The van der Waals surface area contributed by atoms with Crippen molar-refractivity contribution >= 4 is 40.3 Å². The number of urea groups is 1. The lowest BCUT2D eigenvalue weighted by Gasteiger charge is -2.29. The van der Waals surface area contributed by atoms with Gasteiger partial charge in [-0.25, -0.2) is 19.5 Å². The summed E-state index contributed by atoms with van der Waals surface area (Å²) in [5, 5.41) is 6.95. The number of carbonyl (C=O) groups excluding carboxylic acids is 4. The SMILES string of the molecule is COC(=O)c1csc(NC(=O)C(C(C)c2ccccc2)N2C(=O)N[C@H](c3ccccc3)C2=O)n1. The number of anilines is 1.